The summed E-state index contributed by atoms with van der Waals surface area (Å²) in [4.78, 5) is 6.47. The smallest absolute Gasteiger partial charge is 0.0945 e. The van der Waals surface area contributed by atoms with E-state index in [1.165, 1.54) is 5.56 Å². The normalized spacial score (nSPS) is 11.1. The van der Waals surface area contributed by atoms with Crippen molar-refractivity contribution in [1.29, 1.82) is 0 Å². The Balaban J connectivity index is 1.82. The molecule has 0 fully saturated rings. The Morgan fingerprint density at radius 2 is 2.16 bits per heavy atom. The number of aryl methyl sites for hydroxylation is 1. The van der Waals surface area contributed by atoms with Gasteiger partial charge in [0, 0.05) is 37.7 Å². The number of nitrogens with zero attached hydrogens (tertiary/aromatic N) is 3. The van der Waals surface area contributed by atoms with Gasteiger partial charge in [0.05, 0.1) is 6.33 Å². The summed E-state index contributed by atoms with van der Waals surface area (Å²) < 4.78 is 2.12. The summed E-state index contributed by atoms with van der Waals surface area (Å²) in [6.45, 7) is 6.24. The number of aromatic nitrogens is 2. The number of hydrogen-bond acceptors (Lipinski definition) is 3. The molecule has 2 rings (SSSR count). The SMILES string of the molecule is CCN(CCCn1ccnc1)Cc1ccccc1N. The average Bonchev–Trinajstić information content (AvgIpc) is 2.93. The van der Waals surface area contributed by atoms with Crippen LogP contribution in [0, 0.1) is 0 Å². The van der Waals surface area contributed by atoms with E-state index < -0.39 is 0 Å². The van der Waals surface area contributed by atoms with Crippen molar-refractivity contribution < 1.29 is 0 Å². The number of benzene rings is 1. The Labute approximate surface area is 114 Å². The summed E-state index contributed by atoms with van der Waals surface area (Å²) in [6, 6.07) is 8.10. The number of nitrogen functional groups attached to an aromatic ring is 1. The molecule has 0 unspecified atom stereocenters. The quantitative estimate of drug-likeness (QED) is 0.776. The maximum absolute atomic E-state index is 5.99. The van der Waals surface area contributed by atoms with Crippen molar-refractivity contribution in [3.8, 4) is 0 Å². The number of rotatable bonds is 7. The highest BCUT2D eigenvalue weighted by Gasteiger charge is 2.05. The molecule has 0 amide bonds. The van der Waals surface area contributed by atoms with Crippen molar-refractivity contribution in [3.63, 3.8) is 0 Å². The van der Waals surface area contributed by atoms with Crippen LogP contribution in [0.25, 0.3) is 0 Å². The summed E-state index contributed by atoms with van der Waals surface area (Å²) >= 11 is 0. The second-order valence-electron chi connectivity index (χ2n) is 4.72. The highest BCUT2D eigenvalue weighted by atomic mass is 15.1. The Morgan fingerprint density at radius 3 is 2.84 bits per heavy atom. The molecule has 0 saturated carbocycles. The first-order valence-electron chi connectivity index (χ1n) is 6.81. The van der Waals surface area contributed by atoms with Gasteiger partial charge in [-0.25, -0.2) is 4.98 Å². The molecule has 1 aromatic carbocycles. The number of para-hydroxylation sites is 1. The predicted molar refractivity (Wildman–Crippen MR) is 78.6 cm³/mol. The van der Waals surface area contributed by atoms with Crippen molar-refractivity contribution in [1.82, 2.24) is 14.5 Å². The lowest BCUT2D eigenvalue weighted by Crippen LogP contribution is -2.25. The Morgan fingerprint density at radius 1 is 1.32 bits per heavy atom. The van der Waals surface area contributed by atoms with E-state index in [1.54, 1.807) is 0 Å². The molecule has 2 aromatic rings. The Kier molecular flexibility index (Phi) is 4.98. The van der Waals surface area contributed by atoms with Crippen LogP contribution in [0.4, 0.5) is 5.69 Å². The van der Waals surface area contributed by atoms with Crippen molar-refractivity contribution in [2.24, 2.45) is 0 Å². The molecule has 4 nitrogen and oxygen atoms in total. The summed E-state index contributed by atoms with van der Waals surface area (Å²) in [7, 11) is 0. The fourth-order valence-electron chi connectivity index (χ4n) is 2.16. The third-order valence-electron chi connectivity index (χ3n) is 3.35. The second kappa shape index (κ2) is 6.95. The van der Waals surface area contributed by atoms with Gasteiger partial charge in [-0.3, -0.25) is 4.90 Å². The zero-order valence-electron chi connectivity index (χ0n) is 11.5. The lowest BCUT2D eigenvalue weighted by molar-refractivity contribution is 0.271. The van der Waals surface area contributed by atoms with E-state index in [2.05, 4.69) is 27.4 Å². The monoisotopic (exact) mass is 258 g/mol. The molecule has 0 atom stereocenters. The van der Waals surface area contributed by atoms with Crippen LogP contribution in [0.1, 0.15) is 18.9 Å². The Bertz CT molecular complexity index is 479. The molecule has 1 heterocycles. The van der Waals surface area contributed by atoms with Crippen LogP contribution in [0.3, 0.4) is 0 Å². The van der Waals surface area contributed by atoms with Gasteiger partial charge in [-0.1, -0.05) is 25.1 Å². The summed E-state index contributed by atoms with van der Waals surface area (Å²) in [6.07, 6.45) is 6.82. The molecule has 0 spiro atoms. The predicted octanol–water partition coefficient (Wildman–Crippen LogP) is 2.38. The van der Waals surface area contributed by atoms with Crippen LogP contribution >= 0.6 is 0 Å². The van der Waals surface area contributed by atoms with Crippen molar-refractivity contribution >= 4 is 5.69 Å². The van der Waals surface area contributed by atoms with E-state index >= 15 is 0 Å². The summed E-state index contributed by atoms with van der Waals surface area (Å²) in [5.41, 5.74) is 8.09. The third-order valence-corrected chi connectivity index (χ3v) is 3.35. The van der Waals surface area contributed by atoms with Gasteiger partial charge >= 0.3 is 0 Å². The van der Waals surface area contributed by atoms with Crippen molar-refractivity contribution in [2.75, 3.05) is 18.8 Å². The first-order chi connectivity index (χ1) is 9.29. The summed E-state index contributed by atoms with van der Waals surface area (Å²) in [5, 5.41) is 0. The minimum absolute atomic E-state index is 0.885. The lowest BCUT2D eigenvalue weighted by Gasteiger charge is -2.21. The number of anilines is 1. The molecule has 0 radical (unpaired) electrons. The fraction of sp³-hybridized carbons (Fsp3) is 0.400. The highest BCUT2D eigenvalue weighted by molar-refractivity contribution is 5.46. The fourth-order valence-corrected chi connectivity index (χ4v) is 2.16. The van der Waals surface area contributed by atoms with Gasteiger partial charge in [0.2, 0.25) is 0 Å². The molecule has 0 bridgehead atoms. The molecule has 1 aromatic heterocycles. The van der Waals surface area contributed by atoms with Gasteiger partial charge in [-0.15, -0.1) is 0 Å². The van der Waals surface area contributed by atoms with E-state index in [1.807, 2.05) is 36.9 Å². The maximum Gasteiger partial charge on any atom is 0.0945 e. The number of hydrogen-bond donors (Lipinski definition) is 1. The van der Waals surface area contributed by atoms with E-state index in [4.69, 9.17) is 5.73 Å². The molecule has 0 saturated heterocycles. The maximum atomic E-state index is 5.99. The first kappa shape index (κ1) is 13.6. The molecule has 19 heavy (non-hydrogen) atoms. The molecule has 0 aliphatic rings. The standard InChI is InChI=1S/C15H22N4/c1-2-18(9-5-10-19-11-8-17-13-19)12-14-6-3-4-7-15(14)16/h3-4,6-8,11,13H,2,5,9-10,12,16H2,1H3. The van der Waals surface area contributed by atoms with Gasteiger partial charge in [-0.05, 0) is 24.6 Å². The minimum atomic E-state index is 0.885. The van der Waals surface area contributed by atoms with Gasteiger partial charge in [-0.2, -0.15) is 0 Å². The van der Waals surface area contributed by atoms with Crippen LogP contribution in [0.5, 0.6) is 0 Å². The second-order valence-corrected chi connectivity index (χ2v) is 4.72. The van der Waals surface area contributed by atoms with Crippen molar-refractivity contribution in [2.45, 2.75) is 26.4 Å². The van der Waals surface area contributed by atoms with Gasteiger partial charge < -0.3 is 10.3 Å². The van der Waals surface area contributed by atoms with Crippen LogP contribution in [0.15, 0.2) is 43.0 Å². The van der Waals surface area contributed by atoms with Crippen LogP contribution in [0.2, 0.25) is 0 Å². The minimum Gasteiger partial charge on any atom is -0.398 e. The molecule has 102 valence electrons. The largest absolute Gasteiger partial charge is 0.398 e. The summed E-state index contributed by atoms with van der Waals surface area (Å²) in [5.74, 6) is 0. The van der Waals surface area contributed by atoms with Crippen LogP contribution in [-0.2, 0) is 13.1 Å². The zero-order chi connectivity index (χ0) is 13.5. The number of imidazole rings is 1. The van der Waals surface area contributed by atoms with Crippen LogP contribution < -0.4 is 5.73 Å². The van der Waals surface area contributed by atoms with Crippen molar-refractivity contribution in [3.05, 3.63) is 48.5 Å². The van der Waals surface area contributed by atoms with Gasteiger partial charge in [0.15, 0.2) is 0 Å². The molecular formula is C15H22N4. The lowest BCUT2D eigenvalue weighted by atomic mass is 10.1. The molecule has 2 N–H and O–H groups in total. The van der Waals surface area contributed by atoms with Crippen LogP contribution in [-0.4, -0.2) is 27.5 Å². The Hall–Kier alpha value is -1.81. The molecular weight excluding hydrogens is 236 g/mol. The van der Waals surface area contributed by atoms with E-state index in [-0.39, 0.29) is 0 Å². The molecule has 0 aliphatic heterocycles. The van der Waals surface area contributed by atoms with Gasteiger partial charge in [0.1, 0.15) is 0 Å². The average molecular weight is 258 g/mol. The highest BCUT2D eigenvalue weighted by Crippen LogP contribution is 2.13. The van der Waals surface area contributed by atoms with E-state index in [0.717, 1.165) is 38.3 Å². The third kappa shape index (κ3) is 4.10. The molecule has 4 heteroatoms. The topological polar surface area (TPSA) is 47.1 Å². The zero-order valence-corrected chi connectivity index (χ0v) is 11.5. The van der Waals surface area contributed by atoms with Gasteiger partial charge in [0.25, 0.3) is 0 Å². The van der Waals surface area contributed by atoms with E-state index in [9.17, 15) is 0 Å². The number of nitrogens with two attached hydrogens (primary N) is 1. The first-order valence-corrected chi connectivity index (χ1v) is 6.81. The van der Waals surface area contributed by atoms with E-state index in [0.29, 0.717) is 0 Å². The molecule has 0 aliphatic carbocycles.